The van der Waals surface area contributed by atoms with Gasteiger partial charge in [-0.15, -0.1) is 0 Å². The van der Waals surface area contributed by atoms with Crippen molar-refractivity contribution in [3.63, 3.8) is 0 Å². The largest absolute Gasteiger partial charge is 0.494 e. The molecule has 1 aromatic carbocycles. The summed E-state index contributed by atoms with van der Waals surface area (Å²) in [5.41, 5.74) is 1.38. The fourth-order valence-corrected chi connectivity index (χ4v) is 3.02. The molecule has 0 aliphatic rings. The third-order valence-electron chi connectivity index (χ3n) is 4.63. The Balaban J connectivity index is 2.26. The quantitative estimate of drug-likeness (QED) is 0.362. The van der Waals surface area contributed by atoms with Crippen LogP contribution in [0.4, 0.5) is 0 Å². The first-order chi connectivity index (χ1) is 11.8. The van der Waals surface area contributed by atoms with Crippen LogP contribution in [-0.4, -0.2) is 13.2 Å². The van der Waals surface area contributed by atoms with Crippen LogP contribution < -0.4 is 10.1 Å². The molecule has 0 bridgehead atoms. The van der Waals surface area contributed by atoms with E-state index in [0.717, 1.165) is 31.7 Å². The van der Waals surface area contributed by atoms with Gasteiger partial charge in [0.2, 0.25) is 0 Å². The summed E-state index contributed by atoms with van der Waals surface area (Å²) in [5, 5.41) is 3.72. The predicted molar refractivity (Wildman–Crippen MR) is 106 cm³/mol. The number of rotatable bonds is 15. The Bertz CT molecular complexity index is 387. The van der Waals surface area contributed by atoms with Crippen LogP contribution in [-0.2, 0) is 0 Å². The number of hydrogen-bond acceptors (Lipinski definition) is 2. The first kappa shape index (κ1) is 21.0. The molecule has 1 rings (SSSR count). The number of unbranched alkanes of at least 4 members (excludes halogenated alkanes) is 7. The van der Waals surface area contributed by atoms with Gasteiger partial charge in [-0.05, 0) is 43.5 Å². The second kappa shape index (κ2) is 14.3. The van der Waals surface area contributed by atoms with E-state index in [1.54, 1.807) is 0 Å². The summed E-state index contributed by atoms with van der Waals surface area (Å²) in [7, 11) is 0. The predicted octanol–water partition coefficient (Wildman–Crippen LogP) is 6.66. The van der Waals surface area contributed by atoms with Crippen molar-refractivity contribution in [3.8, 4) is 5.75 Å². The Labute approximate surface area is 150 Å². The first-order valence-corrected chi connectivity index (χ1v) is 10.3. The van der Waals surface area contributed by atoms with Crippen LogP contribution >= 0.6 is 0 Å². The van der Waals surface area contributed by atoms with Gasteiger partial charge in [0.1, 0.15) is 5.75 Å². The minimum atomic E-state index is 0.467. The fourth-order valence-electron chi connectivity index (χ4n) is 3.02. The van der Waals surface area contributed by atoms with E-state index in [1.807, 2.05) is 0 Å². The van der Waals surface area contributed by atoms with Crippen molar-refractivity contribution in [2.45, 2.75) is 91.0 Å². The zero-order valence-corrected chi connectivity index (χ0v) is 16.3. The SMILES string of the molecule is CCCCCCCCNC(CC)c1ccc(OCCCCC)cc1. The van der Waals surface area contributed by atoms with Crippen molar-refractivity contribution in [2.75, 3.05) is 13.2 Å². The Morgan fingerprint density at radius 3 is 2.08 bits per heavy atom. The molecule has 0 saturated carbocycles. The Morgan fingerprint density at radius 1 is 0.792 bits per heavy atom. The van der Waals surface area contributed by atoms with Gasteiger partial charge in [-0.1, -0.05) is 77.8 Å². The fraction of sp³-hybridized carbons (Fsp3) is 0.727. The lowest BCUT2D eigenvalue weighted by molar-refractivity contribution is 0.306. The van der Waals surface area contributed by atoms with Gasteiger partial charge >= 0.3 is 0 Å². The molecule has 0 radical (unpaired) electrons. The van der Waals surface area contributed by atoms with E-state index in [9.17, 15) is 0 Å². The molecular formula is C22H39NO. The Kier molecular flexibility index (Phi) is 12.6. The molecule has 0 fully saturated rings. The van der Waals surface area contributed by atoms with Crippen molar-refractivity contribution < 1.29 is 4.74 Å². The monoisotopic (exact) mass is 333 g/mol. The summed E-state index contributed by atoms with van der Waals surface area (Å²) < 4.78 is 5.80. The van der Waals surface area contributed by atoms with Crippen molar-refractivity contribution in [3.05, 3.63) is 29.8 Å². The van der Waals surface area contributed by atoms with E-state index in [2.05, 4.69) is 50.4 Å². The van der Waals surface area contributed by atoms with Crippen molar-refractivity contribution in [1.29, 1.82) is 0 Å². The van der Waals surface area contributed by atoms with Crippen molar-refractivity contribution in [1.82, 2.24) is 5.32 Å². The average Bonchev–Trinajstić information content (AvgIpc) is 2.62. The third-order valence-corrected chi connectivity index (χ3v) is 4.63. The van der Waals surface area contributed by atoms with Gasteiger partial charge < -0.3 is 10.1 Å². The molecule has 1 unspecified atom stereocenters. The third kappa shape index (κ3) is 9.32. The lowest BCUT2D eigenvalue weighted by Crippen LogP contribution is -2.21. The maximum Gasteiger partial charge on any atom is 0.119 e. The molecule has 1 atom stereocenters. The van der Waals surface area contributed by atoms with Gasteiger partial charge in [0, 0.05) is 6.04 Å². The van der Waals surface area contributed by atoms with Gasteiger partial charge in [-0.3, -0.25) is 0 Å². The lowest BCUT2D eigenvalue weighted by Gasteiger charge is -2.18. The van der Waals surface area contributed by atoms with E-state index in [0.29, 0.717) is 6.04 Å². The van der Waals surface area contributed by atoms with Crippen LogP contribution in [0.3, 0.4) is 0 Å². The summed E-state index contributed by atoms with van der Waals surface area (Å²) in [4.78, 5) is 0. The number of benzene rings is 1. The van der Waals surface area contributed by atoms with Crippen LogP contribution in [0.15, 0.2) is 24.3 Å². The van der Waals surface area contributed by atoms with Crippen molar-refractivity contribution >= 4 is 0 Å². The molecule has 0 aliphatic carbocycles. The van der Waals surface area contributed by atoms with Crippen LogP contribution in [0.1, 0.15) is 96.6 Å². The zero-order valence-electron chi connectivity index (χ0n) is 16.3. The number of hydrogen-bond donors (Lipinski definition) is 1. The van der Waals surface area contributed by atoms with E-state index < -0.39 is 0 Å². The molecule has 0 heterocycles. The van der Waals surface area contributed by atoms with Crippen LogP contribution in [0, 0.1) is 0 Å². The molecule has 0 aliphatic heterocycles. The maximum absolute atomic E-state index is 5.80. The molecule has 138 valence electrons. The van der Waals surface area contributed by atoms with Gasteiger partial charge in [-0.2, -0.15) is 0 Å². The molecule has 1 N–H and O–H groups in total. The molecule has 2 heteroatoms. The number of nitrogens with one attached hydrogen (secondary N) is 1. The van der Waals surface area contributed by atoms with E-state index in [-0.39, 0.29) is 0 Å². The molecule has 1 aromatic rings. The highest BCUT2D eigenvalue weighted by Crippen LogP contribution is 2.20. The van der Waals surface area contributed by atoms with Crippen molar-refractivity contribution in [2.24, 2.45) is 0 Å². The summed E-state index contributed by atoms with van der Waals surface area (Å²) in [6.45, 7) is 8.71. The summed E-state index contributed by atoms with van der Waals surface area (Å²) >= 11 is 0. The Morgan fingerprint density at radius 2 is 1.42 bits per heavy atom. The molecular weight excluding hydrogens is 294 g/mol. The van der Waals surface area contributed by atoms with Gasteiger partial charge in [-0.25, -0.2) is 0 Å². The normalized spacial score (nSPS) is 12.3. The molecule has 0 aromatic heterocycles. The summed E-state index contributed by atoms with van der Waals surface area (Å²) in [5.74, 6) is 1.00. The number of ether oxygens (including phenoxy) is 1. The summed E-state index contributed by atoms with van der Waals surface area (Å²) in [6, 6.07) is 9.15. The molecule has 0 amide bonds. The highest BCUT2D eigenvalue weighted by Gasteiger charge is 2.08. The highest BCUT2D eigenvalue weighted by atomic mass is 16.5. The van der Waals surface area contributed by atoms with Gasteiger partial charge in [0.05, 0.1) is 6.61 Å². The highest BCUT2D eigenvalue weighted by molar-refractivity contribution is 5.29. The van der Waals surface area contributed by atoms with Crippen LogP contribution in [0.5, 0.6) is 5.75 Å². The zero-order chi connectivity index (χ0) is 17.5. The first-order valence-electron chi connectivity index (χ1n) is 10.3. The van der Waals surface area contributed by atoms with Crippen LogP contribution in [0.25, 0.3) is 0 Å². The van der Waals surface area contributed by atoms with E-state index in [4.69, 9.17) is 4.74 Å². The molecule has 0 spiro atoms. The average molecular weight is 334 g/mol. The van der Waals surface area contributed by atoms with E-state index in [1.165, 1.54) is 56.9 Å². The lowest BCUT2D eigenvalue weighted by atomic mass is 10.0. The topological polar surface area (TPSA) is 21.3 Å². The Hall–Kier alpha value is -1.02. The minimum absolute atomic E-state index is 0.467. The molecule has 0 saturated heterocycles. The molecule has 2 nitrogen and oxygen atoms in total. The standard InChI is InChI=1S/C22H39NO/c1-4-7-9-10-11-12-18-23-22(6-3)20-14-16-21(17-15-20)24-19-13-8-5-2/h14-17,22-23H,4-13,18-19H2,1-3H3. The van der Waals surface area contributed by atoms with Crippen LogP contribution in [0.2, 0.25) is 0 Å². The second-order valence-corrected chi connectivity index (χ2v) is 6.81. The maximum atomic E-state index is 5.80. The minimum Gasteiger partial charge on any atom is -0.494 e. The smallest absolute Gasteiger partial charge is 0.119 e. The summed E-state index contributed by atoms with van der Waals surface area (Å²) in [6.07, 6.45) is 12.9. The van der Waals surface area contributed by atoms with Gasteiger partial charge in [0.15, 0.2) is 0 Å². The van der Waals surface area contributed by atoms with E-state index >= 15 is 0 Å². The van der Waals surface area contributed by atoms with Gasteiger partial charge in [0.25, 0.3) is 0 Å². The second-order valence-electron chi connectivity index (χ2n) is 6.81. The molecule has 24 heavy (non-hydrogen) atoms.